The van der Waals surface area contributed by atoms with Gasteiger partial charge in [-0.05, 0) is 37.6 Å². The zero-order valence-corrected chi connectivity index (χ0v) is 20.0. The largest absolute Gasteiger partial charge is 0.454 e. The summed E-state index contributed by atoms with van der Waals surface area (Å²) >= 11 is 12.3. The summed E-state index contributed by atoms with van der Waals surface area (Å²) in [5.74, 6) is -0.494. The Hall–Kier alpha value is -1.80. The van der Waals surface area contributed by atoms with Gasteiger partial charge < -0.3 is 27.3 Å². The van der Waals surface area contributed by atoms with Gasteiger partial charge in [-0.15, -0.1) is 0 Å². The molecule has 0 aliphatic rings. The first kappa shape index (κ1) is 28.2. The van der Waals surface area contributed by atoms with Gasteiger partial charge >= 0.3 is 0 Å². The number of rotatable bonds is 6. The van der Waals surface area contributed by atoms with Gasteiger partial charge in [0.25, 0.3) is 0 Å². The number of nitrogen functional groups attached to an aromatic ring is 1. The minimum absolute atomic E-state index is 0.0471. The number of nitrogens with two attached hydrogens (primary N) is 3. The van der Waals surface area contributed by atoms with Gasteiger partial charge in [0.2, 0.25) is 5.95 Å². The summed E-state index contributed by atoms with van der Waals surface area (Å²) in [5, 5.41) is 2.63. The molecule has 0 bridgehead atoms. The number of nitrogens with zero attached hydrogens (tertiary/aromatic N) is 1. The minimum atomic E-state index is -0.907. The number of pyridine rings is 1. The van der Waals surface area contributed by atoms with Crippen molar-refractivity contribution in [1.82, 2.24) is 4.98 Å². The molecule has 1 aromatic heterocycles. The van der Waals surface area contributed by atoms with Crippen LogP contribution in [0.15, 0.2) is 18.2 Å². The quantitative estimate of drug-likeness (QED) is 0.304. The van der Waals surface area contributed by atoms with E-state index in [2.05, 4.69) is 24.1 Å². The zero-order chi connectivity index (χ0) is 23.4. The first-order valence-electron chi connectivity index (χ1n) is 10.00. The molecule has 1 aromatic carbocycles. The molecular formula is C21H34Cl2FN5O. The van der Waals surface area contributed by atoms with Crippen molar-refractivity contribution in [3.8, 4) is 11.5 Å². The van der Waals surface area contributed by atoms with Gasteiger partial charge in [0.1, 0.15) is 15.8 Å². The normalized spacial score (nSPS) is 12.0. The molecule has 0 radical (unpaired) electrons. The van der Waals surface area contributed by atoms with Crippen LogP contribution in [0.1, 0.15) is 59.6 Å². The average molecular weight is 462 g/mol. The minimum Gasteiger partial charge on any atom is -0.454 e. The van der Waals surface area contributed by atoms with Gasteiger partial charge in [0.15, 0.2) is 11.6 Å². The first-order chi connectivity index (χ1) is 14.2. The molecule has 2 rings (SSSR count). The van der Waals surface area contributed by atoms with Crippen molar-refractivity contribution in [2.75, 3.05) is 17.6 Å². The molecule has 1 heterocycles. The van der Waals surface area contributed by atoms with Crippen molar-refractivity contribution >= 4 is 34.7 Å². The van der Waals surface area contributed by atoms with E-state index in [1.807, 2.05) is 13.8 Å². The molecule has 30 heavy (non-hydrogen) atoms. The number of anilines is 2. The van der Waals surface area contributed by atoms with Crippen molar-refractivity contribution in [3.05, 3.63) is 39.8 Å². The van der Waals surface area contributed by atoms with E-state index in [4.69, 9.17) is 45.1 Å². The third kappa shape index (κ3) is 8.14. The van der Waals surface area contributed by atoms with Crippen LogP contribution in [-0.2, 0) is 0 Å². The summed E-state index contributed by atoms with van der Waals surface area (Å²) in [5.41, 5.74) is 18.5. The molecule has 0 amide bonds. The Kier molecular flexibility index (Phi) is 13.4. The Labute approximate surface area is 189 Å². The molecule has 0 saturated carbocycles. The van der Waals surface area contributed by atoms with Crippen molar-refractivity contribution in [3.63, 3.8) is 0 Å². The Morgan fingerprint density at radius 3 is 2.23 bits per heavy atom. The van der Waals surface area contributed by atoms with E-state index in [9.17, 15) is 4.39 Å². The van der Waals surface area contributed by atoms with Crippen LogP contribution in [0.4, 0.5) is 15.9 Å². The molecule has 9 heteroatoms. The summed E-state index contributed by atoms with van der Waals surface area (Å²) in [6, 6.07) is 4.44. The average Bonchev–Trinajstić information content (AvgIpc) is 2.72. The smallest absolute Gasteiger partial charge is 0.237 e. The van der Waals surface area contributed by atoms with E-state index in [1.165, 1.54) is 6.42 Å². The Morgan fingerprint density at radius 1 is 1.17 bits per heavy atom. The fourth-order valence-electron chi connectivity index (χ4n) is 2.10. The number of hydrogen-bond acceptors (Lipinski definition) is 6. The van der Waals surface area contributed by atoms with Crippen molar-refractivity contribution in [2.24, 2.45) is 11.5 Å². The third-order valence-electron chi connectivity index (χ3n) is 3.50. The Bertz CT molecular complexity index is 790. The topological polar surface area (TPSA) is 112 Å². The highest BCUT2D eigenvalue weighted by Gasteiger charge is 2.21. The van der Waals surface area contributed by atoms with Crippen molar-refractivity contribution < 1.29 is 9.13 Å². The molecule has 2 unspecified atom stereocenters. The van der Waals surface area contributed by atoms with Crippen LogP contribution < -0.4 is 27.3 Å². The lowest BCUT2D eigenvalue weighted by atomic mass is 10.1. The second kappa shape index (κ2) is 14.2. The zero-order valence-electron chi connectivity index (χ0n) is 18.5. The molecule has 0 fully saturated rings. The van der Waals surface area contributed by atoms with Crippen LogP contribution in [0.25, 0.3) is 0 Å². The fraction of sp³-hybridized carbons (Fsp3) is 0.476. The first-order valence-corrected chi connectivity index (χ1v) is 10.8. The van der Waals surface area contributed by atoms with Gasteiger partial charge in [-0.1, -0.05) is 57.3 Å². The monoisotopic (exact) mass is 461 g/mol. The highest BCUT2D eigenvalue weighted by atomic mass is 35.5. The number of halogens is 3. The van der Waals surface area contributed by atoms with Crippen molar-refractivity contribution in [2.45, 2.75) is 60.0 Å². The fourth-order valence-corrected chi connectivity index (χ4v) is 2.55. The summed E-state index contributed by atoms with van der Waals surface area (Å²) in [6.07, 6.45) is 1.25. The number of aromatic nitrogens is 1. The highest BCUT2D eigenvalue weighted by molar-refractivity contribution is 6.38. The Balaban J connectivity index is 0.00000154. The molecule has 6 nitrogen and oxygen atoms in total. The number of nitrogens with one attached hydrogen (secondary N) is 1. The SMILES string of the molecule is CC.CC(CN)Nc1nc(F)c(Cl)c(Oc2ccc(N)c(C(C)N)c2)c1Cl.CCC. The molecule has 2 aromatic rings. The van der Waals surface area contributed by atoms with Crippen LogP contribution >= 0.6 is 23.2 Å². The van der Waals surface area contributed by atoms with E-state index in [0.717, 1.165) is 0 Å². The maximum absolute atomic E-state index is 14.1. The van der Waals surface area contributed by atoms with Gasteiger partial charge in [-0.3, -0.25) is 0 Å². The van der Waals surface area contributed by atoms with Gasteiger partial charge in [-0.2, -0.15) is 9.37 Å². The third-order valence-corrected chi connectivity index (χ3v) is 4.18. The molecule has 2 atom stereocenters. The van der Waals surface area contributed by atoms with E-state index in [-0.39, 0.29) is 33.7 Å². The standard InChI is InChI=1S/C16H20Cl2FN5O.C3H8.C2H6/c1-7(6-20)23-16-13(18)14(12(17)15(19)24-16)25-9-3-4-11(22)10(5-9)8(2)21;1-3-2;1-2/h3-5,7-8H,6,20-22H2,1-2H3,(H,23,24);3H2,1-2H3;1-2H3. The van der Waals surface area contributed by atoms with E-state index >= 15 is 0 Å². The number of benzene rings is 1. The lowest BCUT2D eigenvalue weighted by molar-refractivity contribution is 0.472. The van der Waals surface area contributed by atoms with E-state index in [1.54, 1.807) is 32.0 Å². The van der Waals surface area contributed by atoms with Gasteiger partial charge in [0.05, 0.1) is 0 Å². The van der Waals surface area contributed by atoms with E-state index in [0.29, 0.717) is 23.5 Å². The second-order valence-corrected chi connectivity index (χ2v) is 7.13. The van der Waals surface area contributed by atoms with Crippen LogP contribution in [0.3, 0.4) is 0 Å². The van der Waals surface area contributed by atoms with Crippen LogP contribution in [0.5, 0.6) is 11.5 Å². The Morgan fingerprint density at radius 2 is 1.73 bits per heavy atom. The molecule has 0 spiro atoms. The molecule has 7 N–H and O–H groups in total. The predicted molar refractivity (Wildman–Crippen MR) is 127 cm³/mol. The molecule has 0 saturated heterocycles. The summed E-state index contributed by atoms with van der Waals surface area (Å²) in [7, 11) is 0. The van der Waals surface area contributed by atoms with Crippen LogP contribution in [-0.4, -0.2) is 17.6 Å². The van der Waals surface area contributed by atoms with Crippen LogP contribution in [0.2, 0.25) is 10.0 Å². The number of hydrogen-bond donors (Lipinski definition) is 4. The predicted octanol–water partition coefficient (Wildman–Crippen LogP) is 6.12. The van der Waals surface area contributed by atoms with Crippen LogP contribution in [0, 0.1) is 5.95 Å². The van der Waals surface area contributed by atoms with Crippen molar-refractivity contribution in [1.29, 1.82) is 0 Å². The molecule has 0 aliphatic carbocycles. The lowest BCUT2D eigenvalue weighted by Crippen LogP contribution is -2.26. The number of ether oxygens (including phenoxy) is 1. The molecule has 0 aliphatic heterocycles. The maximum Gasteiger partial charge on any atom is 0.237 e. The van der Waals surface area contributed by atoms with Gasteiger partial charge in [0, 0.05) is 24.3 Å². The summed E-state index contributed by atoms with van der Waals surface area (Å²) in [6.45, 7) is 12.2. The summed E-state index contributed by atoms with van der Waals surface area (Å²) < 4.78 is 19.8. The maximum atomic E-state index is 14.1. The highest BCUT2D eigenvalue weighted by Crippen LogP contribution is 2.41. The molecular weight excluding hydrogens is 428 g/mol. The molecule has 170 valence electrons. The summed E-state index contributed by atoms with van der Waals surface area (Å²) in [4.78, 5) is 3.71. The second-order valence-electron chi connectivity index (χ2n) is 6.38. The van der Waals surface area contributed by atoms with Gasteiger partial charge in [-0.25, -0.2) is 0 Å². The lowest BCUT2D eigenvalue weighted by Gasteiger charge is -2.17. The van der Waals surface area contributed by atoms with E-state index < -0.39 is 5.95 Å².